The Balaban J connectivity index is 3.27. The molecule has 1 aromatic rings. The maximum Gasteiger partial charge on any atom is 0.236 e. The summed E-state index contributed by atoms with van der Waals surface area (Å²) in [5.74, 6) is -1.09. The third kappa shape index (κ3) is 2.93. The van der Waals surface area contributed by atoms with Gasteiger partial charge < -0.3 is 0 Å². The zero-order valence-electron chi connectivity index (χ0n) is 7.22. The van der Waals surface area contributed by atoms with E-state index in [2.05, 4.69) is 15.9 Å². The van der Waals surface area contributed by atoms with Crippen LogP contribution in [0.3, 0.4) is 0 Å². The first kappa shape index (κ1) is 11.9. The minimum Gasteiger partial charge on any atom is -0.212 e. The Hall–Kier alpha value is -0.130. The summed E-state index contributed by atoms with van der Waals surface area (Å²) in [6.07, 6.45) is 0. The van der Waals surface area contributed by atoms with Gasteiger partial charge in [-0.15, -0.1) is 0 Å². The molecule has 0 N–H and O–H groups in total. The fourth-order valence-electron chi connectivity index (χ4n) is 1.02. The summed E-state index contributed by atoms with van der Waals surface area (Å²) < 4.78 is 35.2. The molecule has 14 heavy (non-hydrogen) atoms. The van der Waals surface area contributed by atoms with Crippen molar-refractivity contribution < 1.29 is 12.8 Å². The molecule has 0 aliphatic carbocycles. The molecule has 1 aromatic carbocycles. The molecule has 2 nitrogen and oxygen atoms in total. The third-order valence-electron chi connectivity index (χ3n) is 1.70. The van der Waals surface area contributed by atoms with E-state index in [1.807, 2.05) is 0 Å². The Kier molecular flexibility index (Phi) is 3.55. The van der Waals surface area contributed by atoms with Crippen LogP contribution < -0.4 is 0 Å². The van der Waals surface area contributed by atoms with Gasteiger partial charge in [-0.25, -0.2) is 12.8 Å². The van der Waals surface area contributed by atoms with Crippen molar-refractivity contribution >= 4 is 35.7 Å². The summed E-state index contributed by atoms with van der Waals surface area (Å²) in [6, 6.07) is 2.78. The lowest BCUT2D eigenvalue weighted by molar-refractivity contribution is 0.596. The highest BCUT2D eigenvalue weighted by Crippen LogP contribution is 2.26. The van der Waals surface area contributed by atoms with Gasteiger partial charge in [-0.2, -0.15) is 0 Å². The molecule has 0 amide bonds. The van der Waals surface area contributed by atoms with Crippen molar-refractivity contribution in [2.24, 2.45) is 0 Å². The van der Waals surface area contributed by atoms with Gasteiger partial charge in [-0.1, -0.05) is 22.0 Å². The highest BCUT2D eigenvalue weighted by atomic mass is 79.9. The van der Waals surface area contributed by atoms with Crippen LogP contribution in [0.15, 0.2) is 16.6 Å². The number of hydrogen-bond acceptors (Lipinski definition) is 2. The molecule has 0 saturated carbocycles. The van der Waals surface area contributed by atoms with Gasteiger partial charge in [0.2, 0.25) is 9.05 Å². The molecule has 6 heteroatoms. The molecule has 0 aromatic heterocycles. The van der Waals surface area contributed by atoms with E-state index in [0.29, 0.717) is 4.47 Å². The molecule has 0 aliphatic heterocycles. The standard InChI is InChI=1S/C8H7BrClFO2S/c1-5-2-3-7(11)6(8(5)9)4-14(10,12)13/h2-3H,4H2,1H3. The predicted molar refractivity (Wildman–Crippen MR) is 57.3 cm³/mol. The lowest BCUT2D eigenvalue weighted by Crippen LogP contribution is -2.00. The summed E-state index contributed by atoms with van der Waals surface area (Å²) in [6.45, 7) is 1.74. The third-order valence-corrected chi connectivity index (χ3v) is 3.76. The Morgan fingerprint density at radius 2 is 2.07 bits per heavy atom. The average Bonchev–Trinajstić information content (AvgIpc) is 2.04. The molecule has 0 spiro atoms. The van der Waals surface area contributed by atoms with Crippen LogP contribution in [0.4, 0.5) is 4.39 Å². The highest BCUT2D eigenvalue weighted by Gasteiger charge is 2.15. The zero-order chi connectivity index (χ0) is 10.9. The summed E-state index contributed by atoms with van der Waals surface area (Å²) in [4.78, 5) is 0. The summed E-state index contributed by atoms with van der Waals surface area (Å²) in [5.41, 5.74) is 0.835. The molecule has 78 valence electrons. The average molecular weight is 302 g/mol. The van der Waals surface area contributed by atoms with E-state index in [0.717, 1.165) is 5.56 Å². The normalized spacial score (nSPS) is 11.7. The number of hydrogen-bond donors (Lipinski definition) is 0. The summed E-state index contributed by atoms with van der Waals surface area (Å²) >= 11 is 3.12. The van der Waals surface area contributed by atoms with Gasteiger partial charge in [0.15, 0.2) is 0 Å². The zero-order valence-corrected chi connectivity index (χ0v) is 10.4. The maximum atomic E-state index is 13.2. The number of rotatable bonds is 2. The van der Waals surface area contributed by atoms with Crippen molar-refractivity contribution in [1.29, 1.82) is 0 Å². The molecule has 0 saturated heterocycles. The first-order chi connectivity index (χ1) is 6.31. The highest BCUT2D eigenvalue weighted by molar-refractivity contribution is 9.10. The molecule has 0 fully saturated rings. The first-order valence-electron chi connectivity index (χ1n) is 3.67. The van der Waals surface area contributed by atoms with E-state index in [1.165, 1.54) is 6.07 Å². The van der Waals surface area contributed by atoms with Gasteiger partial charge in [0, 0.05) is 20.7 Å². The predicted octanol–water partition coefficient (Wildman–Crippen LogP) is 2.97. The van der Waals surface area contributed by atoms with Crippen molar-refractivity contribution in [1.82, 2.24) is 0 Å². The second kappa shape index (κ2) is 4.16. The van der Waals surface area contributed by atoms with Crippen molar-refractivity contribution in [2.75, 3.05) is 0 Å². The Bertz CT molecular complexity index is 459. The van der Waals surface area contributed by atoms with E-state index in [-0.39, 0.29) is 5.56 Å². The largest absolute Gasteiger partial charge is 0.236 e. The van der Waals surface area contributed by atoms with Gasteiger partial charge in [-0.05, 0) is 18.6 Å². The van der Waals surface area contributed by atoms with Gasteiger partial charge in [0.1, 0.15) is 5.82 Å². The van der Waals surface area contributed by atoms with Crippen LogP contribution in [0.2, 0.25) is 0 Å². The van der Waals surface area contributed by atoms with Crippen molar-refractivity contribution in [3.05, 3.63) is 33.5 Å². The Morgan fingerprint density at radius 3 is 2.57 bits per heavy atom. The lowest BCUT2D eigenvalue weighted by atomic mass is 10.1. The van der Waals surface area contributed by atoms with E-state index in [4.69, 9.17) is 10.7 Å². The number of benzene rings is 1. The molecule has 0 atom stereocenters. The van der Waals surface area contributed by atoms with Crippen LogP contribution in [-0.4, -0.2) is 8.42 Å². The second-order valence-corrected chi connectivity index (χ2v) is 6.41. The molecule has 0 heterocycles. The van der Waals surface area contributed by atoms with Crippen molar-refractivity contribution in [3.63, 3.8) is 0 Å². The minimum atomic E-state index is -3.74. The maximum absolute atomic E-state index is 13.2. The van der Waals surface area contributed by atoms with E-state index in [9.17, 15) is 12.8 Å². The van der Waals surface area contributed by atoms with Gasteiger partial charge in [0.25, 0.3) is 0 Å². The van der Waals surface area contributed by atoms with Crippen LogP contribution >= 0.6 is 26.6 Å². The topological polar surface area (TPSA) is 34.1 Å². The SMILES string of the molecule is Cc1ccc(F)c(CS(=O)(=O)Cl)c1Br. The summed E-state index contributed by atoms with van der Waals surface area (Å²) in [7, 11) is 1.31. The van der Waals surface area contributed by atoms with E-state index < -0.39 is 20.6 Å². The molecular formula is C8H7BrClFO2S. The number of aryl methyl sites for hydroxylation is 1. The van der Waals surface area contributed by atoms with E-state index in [1.54, 1.807) is 13.0 Å². The van der Waals surface area contributed by atoms with E-state index >= 15 is 0 Å². The molecule has 0 aliphatic rings. The molecule has 0 unspecified atom stereocenters. The van der Waals surface area contributed by atoms with Gasteiger partial charge >= 0.3 is 0 Å². The Labute approximate surface area is 94.6 Å². The second-order valence-electron chi connectivity index (χ2n) is 2.84. The van der Waals surface area contributed by atoms with Crippen LogP contribution in [0.1, 0.15) is 11.1 Å². The van der Waals surface area contributed by atoms with Crippen LogP contribution in [0.5, 0.6) is 0 Å². The van der Waals surface area contributed by atoms with Gasteiger partial charge in [0.05, 0.1) is 5.75 Å². The number of halogens is 3. The fraction of sp³-hybridized carbons (Fsp3) is 0.250. The fourth-order valence-corrected chi connectivity index (χ4v) is 2.62. The molecular weight excluding hydrogens is 295 g/mol. The van der Waals surface area contributed by atoms with Crippen molar-refractivity contribution in [3.8, 4) is 0 Å². The van der Waals surface area contributed by atoms with Crippen LogP contribution in [-0.2, 0) is 14.8 Å². The van der Waals surface area contributed by atoms with Crippen LogP contribution in [0.25, 0.3) is 0 Å². The van der Waals surface area contributed by atoms with Crippen LogP contribution in [0, 0.1) is 12.7 Å². The molecule has 0 bridgehead atoms. The first-order valence-corrected chi connectivity index (χ1v) is 6.94. The summed E-state index contributed by atoms with van der Waals surface area (Å²) in [5, 5.41) is 0. The quantitative estimate of drug-likeness (QED) is 0.787. The smallest absolute Gasteiger partial charge is 0.212 e. The van der Waals surface area contributed by atoms with Gasteiger partial charge in [-0.3, -0.25) is 0 Å². The lowest BCUT2D eigenvalue weighted by Gasteiger charge is -2.06. The molecule has 0 radical (unpaired) electrons. The monoisotopic (exact) mass is 300 g/mol. The molecule has 1 rings (SSSR count). The minimum absolute atomic E-state index is 0.0694. The Morgan fingerprint density at radius 1 is 1.50 bits per heavy atom. The van der Waals surface area contributed by atoms with Crippen molar-refractivity contribution in [2.45, 2.75) is 12.7 Å².